The SMILES string of the molecule is CC/C(C)=C\C=C\[C@H]1CCC(=O)N1CCc1ccc(C(=O)OC)cc1. The van der Waals surface area contributed by atoms with Crippen molar-refractivity contribution in [3.63, 3.8) is 0 Å². The number of methoxy groups -OCH3 is 1. The number of carbonyl (C=O) groups is 2. The maximum absolute atomic E-state index is 12.2. The first-order valence-corrected chi connectivity index (χ1v) is 8.85. The van der Waals surface area contributed by atoms with Gasteiger partial charge in [-0.2, -0.15) is 0 Å². The van der Waals surface area contributed by atoms with Gasteiger partial charge < -0.3 is 9.64 Å². The molecule has 0 aliphatic carbocycles. The van der Waals surface area contributed by atoms with Gasteiger partial charge in [0.1, 0.15) is 0 Å². The van der Waals surface area contributed by atoms with Gasteiger partial charge in [0, 0.05) is 13.0 Å². The van der Waals surface area contributed by atoms with Crippen molar-refractivity contribution in [1.82, 2.24) is 4.90 Å². The van der Waals surface area contributed by atoms with E-state index >= 15 is 0 Å². The van der Waals surface area contributed by atoms with E-state index in [1.807, 2.05) is 17.0 Å². The molecule has 1 aliphatic heterocycles. The summed E-state index contributed by atoms with van der Waals surface area (Å²) in [4.78, 5) is 25.6. The van der Waals surface area contributed by atoms with Gasteiger partial charge >= 0.3 is 5.97 Å². The molecule has 1 aliphatic rings. The molecule has 0 saturated carbocycles. The smallest absolute Gasteiger partial charge is 0.337 e. The Kier molecular flexibility index (Phi) is 6.99. The van der Waals surface area contributed by atoms with Gasteiger partial charge in [0.2, 0.25) is 5.91 Å². The molecule has 25 heavy (non-hydrogen) atoms. The van der Waals surface area contributed by atoms with Gasteiger partial charge in [0.15, 0.2) is 0 Å². The molecular weight excluding hydrogens is 314 g/mol. The van der Waals surface area contributed by atoms with Crippen molar-refractivity contribution in [2.24, 2.45) is 0 Å². The number of likely N-dealkylation sites (tertiary alicyclic amines) is 1. The van der Waals surface area contributed by atoms with Crippen molar-refractivity contribution < 1.29 is 14.3 Å². The van der Waals surface area contributed by atoms with Crippen LogP contribution in [0, 0.1) is 0 Å². The highest BCUT2D eigenvalue weighted by Crippen LogP contribution is 2.20. The van der Waals surface area contributed by atoms with E-state index in [1.54, 1.807) is 12.1 Å². The van der Waals surface area contributed by atoms with Gasteiger partial charge in [-0.15, -0.1) is 0 Å². The third-order valence-electron chi connectivity index (χ3n) is 4.66. The first kappa shape index (κ1) is 19.0. The fraction of sp³-hybridized carbons (Fsp3) is 0.429. The largest absolute Gasteiger partial charge is 0.465 e. The highest BCUT2D eigenvalue weighted by Gasteiger charge is 2.28. The summed E-state index contributed by atoms with van der Waals surface area (Å²) < 4.78 is 4.70. The summed E-state index contributed by atoms with van der Waals surface area (Å²) >= 11 is 0. The number of carbonyl (C=O) groups excluding carboxylic acids is 2. The van der Waals surface area contributed by atoms with Crippen molar-refractivity contribution in [3.05, 3.63) is 59.2 Å². The fourth-order valence-corrected chi connectivity index (χ4v) is 2.89. The zero-order valence-electron chi connectivity index (χ0n) is 15.3. The van der Waals surface area contributed by atoms with E-state index in [4.69, 9.17) is 4.74 Å². The Balaban J connectivity index is 1.95. The molecule has 1 saturated heterocycles. The summed E-state index contributed by atoms with van der Waals surface area (Å²) in [7, 11) is 1.38. The lowest BCUT2D eigenvalue weighted by Gasteiger charge is -2.22. The van der Waals surface area contributed by atoms with E-state index < -0.39 is 0 Å². The monoisotopic (exact) mass is 341 g/mol. The van der Waals surface area contributed by atoms with Gasteiger partial charge in [-0.1, -0.05) is 42.9 Å². The molecule has 0 bridgehead atoms. The normalized spacial score (nSPS) is 18.2. The second kappa shape index (κ2) is 9.21. The minimum absolute atomic E-state index is 0.183. The summed E-state index contributed by atoms with van der Waals surface area (Å²) in [5.74, 6) is -0.112. The van der Waals surface area contributed by atoms with Gasteiger partial charge in [-0.05, 0) is 43.9 Å². The second-order valence-electron chi connectivity index (χ2n) is 6.38. The molecule has 134 valence electrons. The summed E-state index contributed by atoms with van der Waals surface area (Å²) in [6.45, 7) is 4.94. The van der Waals surface area contributed by atoms with Crippen molar-refractivity contribution in [2.45, 2.75) is 45.6 Å². The Morgan fingerprint density at radius 2 is 2.04 bits per heavy atom. The molecule has 4 heteroatoms. The molecule has 0 spiro atoms. The van der Waals surface area contributed by atoms with Crippen LogP contribution >= 0.6 is 0 Å². The van der Waals surface area contributed by atoms with Crippen molar-refractivity contribution in [3.8, 4) is 0 Å². The third kappa shape index (κ3) is 5.31. The average Bonchev–Trinajstić information content (AvgIpc) is 2.99. The van der Waals surface area contributed by atoms with E-state index in [9.17, 15) is 9.59 Å². The quantitative estimate of drug-likeness (QED) is 0.558. The molecule has 1 fully saturated rings. The molecule has 1 atom stereocenters. The molecule has 1 heterocycles. The predicted octanol–water partition coefficient (Wildman–Crippen LogP) is 3.92. The predicted molar refractivity (Wildman–Crippen MR) is 99.4 cm³/mol. The van der Waals surface area contributed by atoms with Crippen molar-refractivity contribution in [1.29, 1.82) is 0 Å². The van der Waals surface area contributed by atoms with Crippen LogP contribution in [0.4, 0.5) is 0 Å². The molecule has 0 unspecified atom stereocenters. The highest BCUT2D eigenvalue weighted by atomic mass is 16.5. The maximum Gasteiger partial charge on any atom is 0.337 e. The molecule has 1 amide bonds. The van der Waals surface area contributed by atoms with Gasteiger partial charge in [0.05, 0.1) is 18.7 Å². The zero-order chi connectivity index (χ0) is 18.2. The van der Waals surface area contributed by atoms with Crippen LogP contribution in [-0.4, -0.2) is 36.5 Å². The van der Waals surface area contributed by atoms with Crippen LogP contribution in [0.3, 0.4) is 0 Å². The first-order chi connectivity index (χ1) is 12.0. The van der Waals surface area contributed by atoms with Crippen molar-refractivity contribution >= 4 is 11.9 Å². The number of ether oxygens (including phenoxy) is 1. The summed E-state index contributed by atoms with van der Waals surface area (Å²) in [5, 5.41) is 0. The molecule has 4 nitrogen and oxygen atoms in total. The van der Waals surface area contributed by atoms with Crippen LogP contribution in [-0.2, 0) is 16.0 Å². The van der Waals surface area contributed by atoms with E-state index in [0.29, 0.717) is 18.5 Å². The van der Waals surface area contributed by atoms with Gasteiger partial charge in [0.25, 0.3) is 0 Å². The van der Waals surface area contributed by atoms with Gasteiger partial charge in [-0.3, -0.25) is 4.79 Å². The van der Waals surface area contributed by atoms with E-state index in [0.717, 1.165) is 24.8 Å². The average molecular weight is 341 g/mol. The number of nitrogens with zero attached hydrogens (tertiary/aromatic N) is 1. The standard InChI is InChI=1S/C21H27NO3/c1-4-16(2)6-5-7-19-12-13-20(23)22(19)15-14-17-8-10-18(11-9-17)21(24)25-3/h5-11,19H,4,12-15H2,1-3H3/b7-5+,16-6-/t19-/m0/s1. The van der Waals surface area contributed by atoms with Crippen molar-refractivity contribution in [2.75, 3.05) is 13.7 Å². The van der Waals surface area contributed by atoms with E-state index in [1.165, 1.54) is 12.7 Å². The van der Waals surface area contributed by atoms with E-state index in [-0.39, 0.29) is 17.9 Å². The fourth-order valence-electron chi connectivity index (χ4n) is 2.89. The Bertz CT molecular complexity index is 658. The molecule has 0 N–H and O–H groups in total. The maximum atomic E-state index is 12.2. The van der Waals surface area contributed by atoms with Crippen LogP contribution in [0.1, 0.15) is 49.0 Å². The number of hydrogen-bond acceptors (Lipinski definition) is 3. The van der Waals surface area contributed by atoms with Crippen LogP contribution in [0.25, 0.3) is 0 Å². The van der Waals surface area contributed by atoms with Crippen LogP contribution in [0.2, 0.25) is 0 Å². The van der Waals surface area contributed by atoms with Gasteiger partial charge in [-0.25, -0.2) is 4.79 Å². The Morgan fingerprint density at radius 1 is 1.32 bits per heavy atom. The number of allylic oxidation sites excluding steroid dienone is 3. The number of benzene rings is 1. The lowest BCUT2D eigenvalue weighted by molar-refractivity contribution is -0.128. The number of esters is 1. The molecule has 1 aromatic rings. The van der Waals surface area contributed by atoms with E-state index in [2.05, 4.69) is 32.1 Å². The second-order valence-corrected chi connectivity index (χ2v) is 6.38. The minimum Gasteiger partial charge on any atom is -0.465 e. The topological polar surface area (TPSA) is 46.6 Å². The summed E-state index contributed by atoms with van der Waals surface area (Å²) in [5.41, 5.74) is 2.98. The molecule has 2 rings (SSSR count). The molecule has 0 aromatic heterocycles. The zero-order valence-corrected chi connectivity index (χ0v) is 15.3. The minimum atomic E-state index is -0.332. The lowest BCUT2D eigenvalue weighted by Crippen LogP contribution is -2.33. The first-order valence-electron chi connectivity index (χ1n) is 8.85. The number of amides is 1. The summed E-state index contributed by atoms with van der Waals surface area (Å²) in [6.07, 6.45) is 9.64. The molecule has 0 radical (unpaired) electrons. The van der Waals surface area contributed by atoms with Crippen LogP contribution < -0.4 is 0 Å². The Labute approximate surface area is 150 Å². The number of hydrogen-bond donors (Lipinski definition) is 0. The molecular formula is C21H27NO3. The van der Waals surface area contributed by atoms with Crippen LogP contribution in [0.15, 0.2) is 48.1 Å². The Hall–Kier alpha value is -2.36. The Morgan fingerprint density at radius 3 is 2.68 bits per heavy atom. The lowest BCUT2D eigenvalue weighted by atomic mass is 10.1. The number of rotatable bonds is 7. The molecule has 1 aromatic carbocycles. The summed E-state index contributed by atoms with van der Waals surface area (Å²) in [6, 6.07) is 7.56. The van der Waals surface area contributed by atoms with Crippen LogP contribution in [0.5, 0.6) is 0 Å². The highest BCUT2D eigenvalue weighted by molar-refractivity contribution is 5.89. The third-order valence-corrected chi connectivity index (χ3v) is 4.66.